The summed E-state index contributed by atoms with van der Waals surface area (Å²) in [6.07, 6.45) is 5.56. The fraction of sp³-hybridized carbons (Fsp3) is 0.148. The molecule has 0 saturated heterocycles. The van der Waals surface area contributed by atoms with Crippen LogP contribution in [0.15, 0.2) is 59.4 Å². The standard InChI is InChI=1S/C27H21FN2O5S/c1-4-16-10-11-19-22(12-16)29-27-25(19)26(31)21-15-24(34-6-3)20(14-23(21)30(27)5-2)17-8-7-9-18(13-17)35-36(28,32)33/h1,7-15,29H,5-6H2,2-3H3. The molecule has 0 bridgehead atoms. The number of aromatic nitrogens is 2. The molecule has 5 rings (SSSR count). The van der Waals surface area contributed by atoms with Crippen LogP contribution in [0, 0.1) is 12.3 Å². The lowest BCUT2D eigenvalue weighted by Crippen LogP contribution is -2.11. The van der Waals surface area contributed by atoms with Gasteiger partial charge in [0.25, 0.3) is 0 Å². The van der Waals surface area contributed by atoms with Crippen molar-refractivity contribution < 1.29 is 21.2 Å². The number of rotatable bonds is 6. The Hall–Kier alpha value is -4.29. The van der Waals surface area contributed by atoms with Gasteiger partial charge in [-0.05, 0) is 55.8 Å². The number of aryl methyl sites for hydroxylation is 1. The predicted molar refractivity (Wildman–Crippen MR) is 138 cm³/mol. The molecule has 0 fully saturated rings. The van der Waals surface area contributed by atoms with E-state index in [9.17, 15) is 17.1 Å². The average Bonchev–Trinajstić information content (AvgIpc) is 3.22. The Morgan fingerprint density at radius 3 is 2.58 bits per heavy atom. The van der Waals surface area contributed by atoms with E-state index in [1.165, 1.54) is 12.1 Å². The van der Waals surface area contributed by atoms with Crippen molar-refractivity contribution in [3.8, 4) is 35.0 Å². The molecular weight excluding hydrogens is 483 g/mol. The molecule has 0 aliphatic carbocycles. The molecule has 2 aromatic heterocycles. The van der Waals surface area contributed by atoms with E-state index in [0.717, 1.165) is 10.9 Å². The Bertz CT molecular complexity index is 1880. The second-order valence-electron chi connectivity index (χ2n) is 8.13. The molecule has 0 amide bonds. The Labute approximate surface area is 206 Å². The van der Waals surface area contributed by atoms with E-state index in [1.807, 2.05) is 36.6 Å². The summed E-state index contributed by atoms with van der Waals surface area (Å²) in [7, 11) is -5.18. The van der Waals surface area contributed by atoms with E-state index < -0.39 is 10.5 Å². The summed E-state index contributed by atoms with van der Waals surface area (Å²) in [5.41, 5.74) is 3.75. The Morgan fingerprint density at radius 1 is 1.08 bits per heavy atom. The van der Waals surface area contributed by atoms with Gasteiger partial charge in [0, 0.05) is 28.6 Å². The molecule has 2 heterocycles. The summed E-state index contributed by atoms with van der Waals surface area (Å²) in [4.78, 5) is 17.1. The molecule has 0 aliphatic heterocycles. The van der Waals surface area contributed by atoms with E-state index in [0.29, 0.717) is 57.5 Å². The SMILES string of the molecule is C#Cc1ccc2c(c1)[nH]c1c2c(=O)c2cc(OCC)c(-c3cccc(OS(=O)(=O)F)c3)cc2n1CC. The normalized spacial score (nSPS) is 11.7. The molecule has 9 heteroatoms. The number of pyridine rings is 1. The van der Waals surface area contributed by atoms with Gasteiger partial charge in [0.2, 0.25) is 0 Å². The maximum Gasteiger partial charge on any atom is 0.488 e. The number of aromatic amines is 1. The van der Waals surface area contributed by atoms with Gasteiger partial charge in [-0.25, -0.2) is 0 Å². The summed E-state index contributed by atoms with van der Waals surface area (Å²) in [6.45, 7) is 4.68. The first-order chi connectivity index (χ1) is 17.2. The third-order valence-electron chi connectivity index (χ3n) is 6.03. The van der Waals surface area contributed by atoms with Crippen LogP contribution in [0.1, 0.15) is 19.4 Å². The number of terminal acetylenes is 1. The molecular formula is C27H21FN2O5S. The Balaban J connectivity index is 1.85. The molecule has 0 aliphatic rings. The molecule has 0 saturated carbocycles. The van der Waals surface area contributed by atoms with Gasteiger partial charge in [-0.3, -0.25) is 4.79 Å². The van der Waals surface area contributed by atoms with Crippen LogP contribution in [0.2, 0.25) is 0 Å². The van der Waals surface area contributed by atoms with Crippen LogP contribution in [-0.2, 0) is 17.0 Å². The number of benzene rings is 3. The summed E-state index contributed by atoms with van der Waals surface area (Å²) >= 11 is 0. The zero-order chi connectivity index (χ0) is 25.6. The van der Waals surface area contributed by atoms with Gasteiger partial charge in [0.05, 0.1) is 22.9 Å². The van der Waals surface area contributed by atoms with Crippen molar-refractivity contribution >= 4 is 43.3 Å². The van der Waals surface area contributed by atoms with Crippen molar-refractivity contribution in [2.45, 2.75) is 20.4 Å². The third kappa shape index (κ3) is 3.95. The molecule has 0 radical (unpaired) electrons. The number of hydrogen-bond acceptors (Lipinski definition) is 5. The predicted octanol–water partition coefficient (Wildman–Crippen LogP) is 5.30. The van der Waals surface area contributed by atoms with Gasteiger partial charge in [0.15, 0.2) is 5.43 Å². The number of H-pyrrole nitrogens is 1. The number of ether oxygens (including phenoxy) is 1. The summed E-state index contributed by atoms with van der Waals surface area (Å²) < 4.78 is 47.4. The number of nitrogens with zero attached hydrogens (tertiary/aromatic N) is 1. The van der Waals surface area contributed by atoms with Crippen LogP contribution >= 0.6 is 0 Å². The van der Waals surface area contributed by atoms with Gasteiger partial charge in [0.1, 0.15) is 17.1 Å². The Kier molecular flexibility index (Phi) is 5.69. The number of hydrogen-bond donors (Lipinski definition) is 1. The monoisotopic (exact) mass is 504 g/mol. The van der Waals surface area contributed by atoms with Crippen molar-refractivity contribution in [3.63, 3.8) is 0 Å². The lowest BCUT2D eigenvalue weighted by atomic mass is 10.0. The van der Waals surface area contributed by atoms with Crippen molar-refractivity contribution in [1.29, 1.82) is 0 Å². The zero-order valence-electron chi connectivity index (χ0n) is 19.5. The first-order valence-corrected chi connectivity index (χ1v) is 12.5. The maximum atomic E-state index is 13.7. The van der Waals surface area contributed by atoms with E-state index >= 15 is 0 Å². The molecule has 1 N–H and O–H groups in total. The van der Waals surface area contributed by atoms with Gasteiger partial charge in [-0.15, -0.1) is 6.42 Å². The largest absolute Gasteiger partial charge is 0.493 e. The molecule has 0 unspecified atom stereocenters. The highest BCUT2D eigenvalue weighted by Gasteiger charge is 2.19. The highest BCUT2D eigenvalue weighted by molar-refractivity contribution is 7.81. The van der Waals surface area contributed by atoms with Gasteiger partial charge in [-0.1, -0.05) is 28.0 Å². The van der Waals surface area contributed by atoms with Crippen LogP contribution in [0.4, 0.5) is 3.89 Å². The van der Waals surface area contributed by atoms with Crippen molar-refractivity contribution in [3.05, 3.63) is 70.4 Å². The van der Waals surface area contributed by atoms with E-state index in [-0.39, 0.29) is 11.2 Å². The van der Waals surface area contributed by atoms with E-state index in [4.69, 9.17) is 11.2 Å². The van der Waals surface area contributed by atoms with E-state index in [2.05, 4.69) is 15.1 Å². The smallest absolute Gasteiger partial charge is 0.488 e. The Morgan fingerprint density at radius 2 is 1.89 bits per heavy atom. The minimum Gasteiger partial charge on any atom is -0.493 e. The first-order valence-electron chi connectivity index (χ1n) is 11.2. The van der Waals surface area contributed by atoms with Crippen LogP contribution in [0.3, 0.4) is 0 Å². The summed E-state index contributed by atoms with van der Waals surface area (Å²) in [6, 6.07) is 15.0. The molecule has 3 aromatic carbocycles. The third-order valence-corrected chi connectivity index (χ3v) is 6.42. The van der Waals surface area contributed by atoms with Crippen LogP contribution in [0.5, 0.6) is 11.5 Å². The summed E-state index contributed by atoms with van der Waals surface area (Å²) in [5, 5.41) is 1.80. The maximum absolute atomic E-state index is 13.7. The number of nitrogens with one attached hydrogen (secondary N) is 1. The lowest BCUT2D eigenvalue weighted by molar-refractivity contribution is 0.342. The van der Waals surface area contributed by atoms with E-state index in [1.54, 1.807) is 24.3 Å². The lowest BCUT2D eigenvalue weighted by Gasteiger charge is -2.16. The minimum absolute atomic E-state index is 0.155. The second-order valence-corrected chi connectivity index (χ2v) is 9.08. The molecule has 0 spiro atoms. The van der Waals surface area contributed by atoms with Crippen molar-refractivity contribution in [2.75, 3.05) is 6.61 Å². The average molecular weight is 505 g/mol. The molecule has 5 aromatic rings. The van der Waals surface area contributed by atoms with Crippen molar-refractivity contribution in [2.24, 2.45) is 0 Å². The quantitative estimate of drug-likeness (QED) is 0.251. The molecule has 7 nitrogen and oxygen atoms in total. The van der Waals surface area contributed by atoms with Gasteiger partial charge < -0.3 is 18.5 Å². The highest BCUT2D eigenvalue weighted by atomic mass is 32.3. The van der Waals surface area contributed by atoms with Gasteiger partial charge >= 0.3 is 10.5 Å². The first kappa shape index (κ1) is 23.5. The number of fused-ring (bicyclic) bond motifs is 4. The highest BCUT2D eigenvalue weighted by Crippen LogP contribution is 2.37. The van der Waals surface area contributed by atoms with Crippen LogP contribution in [0.25, 0.3) is 44.0 Å². The zero-order valence-corrected chi connectivity index (χ0v) is 20.3. The minimum atomic E-state index is -5.18. The molecule has 182 valence electrons. The second kappa shape index (κ2) is 8.73. The fourth-order valence-corrected chi connectivity index (χ4v) is 4.93. The topological polar surface area (TPSA) is 90.4 Å². The van der Waals surface area contributed by atoms with Crippen LogP contribution in [-0.4, -0.2) is 24.6 Å². The molecule has 36 heavy (non-hydrogen) atoms. The summed E-state index contributed by atoms with van der Waals surface area (Å²) in [5.74, 6) is 2.86. The van der Waals surface area contributed by atoms with Crippen LogP contribution < -0.4 is 14.3 Å². The van der Waals surface area contributed by atoms with Gasteiger partial charge in [-0.2, -0.15) is 8.42 Å². The number of halogens is 1. The molecule has 0 atom stereocenters. The fourth-order valence-electron chi connectivity index (χ4n) is 4.59. The van der Waals surface area contributed by atoms with Crippen molar-refractivity contribution in [1.82, 2.24) is 9.55 Å².